The number of hydrogen-bond acceptors (Lipinski definition) is 7. The number of ether oxygens (including phenoxy) is 4. The molecule has 0 saturated carbocycles. The summed E-state index contributed by atoms with van der Waals surface area (Å²) in [6.45, 7) is 1.41. The predicted molar refractivity (Wildman–Crippen MR) is 144 cm³/mol. The van der Waals surface area contributed by atoms with E-state index in [9.17, 15) is 14.4 Å². The molecular formula is C29H35N3O7. The molecule has 0 aliphatic carbocycles. The van der Waals surface area contributed by atoms with Crippen LogP contribution < -0.4 is 20.1 Å². The van der Waals surface area contributed by atoms with Crippen LogP contribution in [0, 0.1) is 5.92 Å². The lowest BCUT2D eigenvalue weighted by atomic mass is 9.94. The third-order valence-corrected chi connectivity index (χ3v) is 7.64. The topological polar surface area (TPSA) is 115 Å². The van der Waals surface area contributed by atoms with Gasteiger partial charge in [-0.2, -0.15) is 0 Å². The molecule has 3 atom stereocenters. The maximum absolute atomic E-state index is 13.5. The zero-order valence-corrected chi connectivity index (χ0v) is 22.3. The SMILES string of the molecule is COc1cccc(NC(=O)C[C@@H]2CC[C@@H]3[C@H](COc4ccc(NC(=O)C5CCOCC5)cc4C(=O)N3C)O2)c1. The van der Waals surface area contributed by atoms with Crippen molar-refractivity contribution in [2.75, 3.05) is 44.6 Å². The van der Waals surface area contributed by atoms with Crippen LogP contribution >= 0.6 is 0 Å². The van der Waals surface area contributed by atoms with Gasteiger partial charge in [0.15, 0.2) is 0 Å². The van der Waals surface area contributed by atoms with E-state index in [-0.39, 0.29) is 54.9 Å². The summed E-state index contributed by atoms with van der Waals surface area (Å²) in [6.07, 6.45) is 2.24. The summed E-state index contributed by atoms with van der Waals surface area (Å²) in [5.41, 5.74) is 1.63. The minimum atomic E-state index is -0.372. The Morgan fingerprint density at radius 2 is 1.82 bits per heavy atom. The zero-order chi connectivity index (χ0) is 27.4. The van der Waals surface area contributed by atoms with Gasteiger partial charge in [0.05, 0.1) is 31.2 Å². The molecule has 2 aromatic carbocycles. The molecule has 3 heterocycles. The first-order valence-corrected chi connectivity index (χ1v) is 13.4. The Morgan fingerprint density at radius 3 is 2.62 bits per heavy atom. The van der Waals surface area contributed by atoms with Crippen LogP contribution in [0.3, 0.4) is 0 Å². The highest BCUT2D eigenvalue weighted by atomic mass is 16.5. The number of carbonyl (C=O) groups is 3. The molecular weight excluding hydrogens is 502 g/mol. The maximum Gasteiger partial charge on any atom is 0.257 e. The van der Waals surface area contributed by atoms with Crippen LogP contribution in [0.2, 0.25) is 0 Å². The van der Waals surface area contributed by atoms with Gasteiger partial charge in [0.2, 0.25) is 11.8 Å². The number of anilines is 2. The second kappa shape index (κ2) is 12.0. The minimum absolute atomic E-state index is 0.0620. The Kier molecular flexibility index (Phi) is 8.33. The summed E-state index contributed by atoms with van der Waals surface area (Å²) >= 11 is 0. The van der Waals surface area contributed by atoms with Crippen LogP contribution in [0.5, 0.6) is 11.5 Å². The molecule has 0 unspecified atom stereocenters. The van der Waals surface area contributed by atoms with Crippen molar-refractivity contribution >= 4 is 29.1 Å². The molecule has 0 spiro atoms. The number of methoxy groups -OCH3 is 1. The van der Waals surface area contributed by atoms with Crippen LogP contribution in [0.1, 0.15) is 42.5 Å². The molecule has 208 valence electrons. The van der Waals surface area contributed by atoms with E-state index < -0.39 is 0 Å². The van der Waals surface area contributed by atoms with E-state index in [4.69, 9.17) is 18.9 Å². The Hall–Kier alpha value is -3.63. The molecule has 2 aromatic rings. The third kappa shape index (κ3) is 6.34. The first-order valence-electron chi connectivity index (χ1n) is 13.4. The number of benzene rings is 2. The summed E-state index contributed by atoms with van der Waals surface area (Å²) < 4.78 is 22.9. The highest BCUT2D eigenvalue weighted by molar-refractivity contribution is 6.00. The molecule has 10 heteroatoms. The Labute approximate surface area is 227 Å². The number of rotatable bonds is 6. The van der Waals surface area contributed by atoms with E-state index in [1.807, 2.05) is 12.1 Å². The van der Waals surface area contributed by atoms with Gasteiger partial charge in [-0.15, -0.1) is 0 Å². The molecule has 3 amide bonds. The largest absolute Gasteiger partial charge is 0.497 e. The molecule has 2 N–H and O–H groups in total. The zero-order valence-electron chi connectivity index (χ0n) is 22.3. The standard InChI is InChI=1S/C29H35N3O7/c1-32-24-8-7-22(16-27(33)30-19-4-3-5-21(14-19)36-2)39-26(24)17-38-25-9-6-20(15-23(25)29(32)35)31-28(34)18-10-12-37-13-11-18/h3-6,9,14-15,18,22,24,26H,7-8,10-13,16-17H2,1-2H3,(H,30,33)(H,31,34)/t22-,24+,26-/m0/s1. The molecule has 2 saturated heterocycles. The molecule has 0 radical (unpaired) electrons. The van der Waals surface area contributed by atoms with Crippen LogP contribution in [0.25, 0.3) is 0 Å². The summed E-state index contributed by atoms with van der Waals surface area (Å²) in [4.78, 5) is 40.6. The maximum atomic E-state index is 13.5. The molecule has 0 aromatic heterocycles. The lowest BCUT2D eigenvalue weighted by molar-refractivity contribution is -0.130. The van der Waals surface area contributed by atoms with E-state index in [0.717, 1.165) is 0 Å². The highest BCUT2D eigenvalue weighted by Gasteiger charge is 2.39. The number of likely N-dealkylation sites (N-methyl/N-ethyl adjacent to an activating group) is 1. The van der Waals surface area contributed by atoms with Crippen molar-refractivity contribution < 1.29 is 33.3 Å². The van der Waals surface area contributed by atoms with Crippen molar-refractivity contribution in [3.63, 3.8) is 0 Å². The van der Waals surface area contributed by atoms with E-state index >= 15 is 0 Å². The first kappa shape index (κ1) is 27.0. The van der Waals surface area contributed by atoms with Crippen LogP contribution in [0.4, 0.5) is 11.4 Å². The molecule has 2 fully saturated rings. The van der Waals surface area contributed by atoms with Gasteiger partial charge < -0.3 is 34.5 Å². The molecule has 0 bridgehead atoms. The highest BCUT2D eigenvalue weighted by Crippen LogP contribution is 2.33. The monoisotopic (exact) mass is 537 g/mol. The third-order valence-electron chi connectivity index (χ3n) is 7.64. The van der Waals surface area contributed by atoms with Crippen molar-refractivity contribution in [2.45, 2.75) is 50.4 Å². The van der Waals surface area contributed by atoms with Crippen molar-refractivity contribution in [1.29, 1.82) is 0 Å². The summed E-state index contributed by atoms with van der Waals surface area (Å²) in [6, 6.07) is 12.1. The van der Waals surface area contributed by atoms with Gasteiger partial charge in [-0.1, -0.05) is 6.07 Å². The number of carbonyl (C=O) groups excluding carboxylic acids is 3. The van der Waals surface area contributed by atoms with Gasteiger partial charge >= 0.3 is 0 Å². The number of fused-ring (bicyclic) bond motifs is 2. The smallest absolute Gasteiger partial charge is 0.257 e. The van der Waals surface area contributed by atoms with Gasteiger partial charge in [0.1, 0.15) is 24.2 Å². The van der Waals surface area contributed by atoms with Crippen LogP contribution in [0.15, 0.2) is 42.5 Å². The summed E-state index contributed by atoms with van der Waals surface area (Å²) in [7, 11) is 3.34. The number of nitrogens with zero attached hydrogens (tertiary/aromatic N) is 1. The molecule has 3 aliphatic heterocycles. The van der Waals surface area contributed by atoms with Gasteiger partial charge in [0, 0.05) is 43.6 Å². The fourth-order valence-electron chi connectivity index (χ4n) is 5.43. The number of hydrogen-bond donors (Lipinski definition) is 2. The Balaban J connectivity index is 1.22. The van der Waals surface area contributed by atoms with E-state index in [1.165, 1.54) is 0 Å². The average molecular weight is 538 g/mol. The second-order valence-electron chi connectivity index (χ2n) is 10.2. The fraction of sp³-hybridized carbons (Fsp3) is 0.483. The quantitative estimate of drug-likeness (QED) is 0.580. The van der Waals surface area contributed by atoms with Crippen molar-refractivity contribution in [3.05, 3.63) is 48.0 Å². The van der Waals surface area contributed by atoms with E-state index in [1.54, 1.807) is 49.4 Å². The van der Waals surface area contributed by atoms with E-state index in [0.29, 0.717) is 67.3 Å². The van der Waals surface area contributed by atoms with Gasteiger partial charge in [-0.05, 0) is 56.0 Å². The predicted octanol–water partition coefficient (Wildman–Crippen LogP) is 3.47. The average Bonchev–Trinajstić information content (AvgIpc) is 2.95. The molecule has 5 rings (SSSR count). The van der Waals surface area contributed by atoms with Crippen molar-refractivity contribution in [3.8, 4) is 11.5 Å². The second-order valence-corrected chi connectivity index (χ2v) is 10.2. The number of nitrogens with one attached hydrogen (secondary N) is 2. The fourth-order valence-corrected chi connectivity index (χ4v) is 5.43. The van der Waals surface area contributed by atoms with Crippen molar-refractivity contribution in [2.24, 2.45) is 5.92 Å². The van der Waals surface area contributed by atoms with Crippen LogP contribution in [-0.2, 0) is 19.1 Å². The molecule has 3 aliphatic rings. The van der Waals surface area contributed by atoms with Gasteiger partial charge in [-0.25, -0.2) is 0 Å². The minimum Gasteiger partial charge on any atom is -0.497 e. The normalized spacial score (nSPS) is 23.4. The summed E-state index contributed by atoms with van der Waals surface area (Å²) in [5, 5.41) is 5.84. The number of amides is 3. The van der Waals surface area contributed by atoms with Gasteiger partial charge in [0.25, 0.3) is 5.91 Å². The Morgan fingerprint density at radius 1 is 1.03 bits per heavy atom. The van der Waals surface area contributed by atoms with Gasteiger partial charge in [-0.3, -0.25) is 14.4 Å². The molecule has 39 heavy (non-hydrogen) atoms. The summed E-state index contributed by atoms with van der Waals surface area (Å²) in [5.74, 6) is 0.603. The van der Waals surface area contributed by atoms with E-state index in [2.05, 4.69) is 10.6 Å². The van der Waals surface area contributed by atoms with Crippen LogP contribution in [-0.4, -0.2) is 74.8 Å². The molecule has 10 nitrogen and oxygen atoms in total. The lowest BCUT2D eigenvalue weighted by Crippen LogP contribution is -2.53. The Bertz CT molecular complexity index is 1210. The first-order chi connectivity index (χ1) is 18.9. The lowest BCUT2D eigenvalue weighted by Gasteiger charge is -2.42. The van der Waals surface area contributed by atoms with Crippen molar-refractivity contribution in [1.82, 2.24) is 4.90 Å².